The molecule has 0 aliphatic carbocycles. The Kier molecular flexibility index (Phi) is 7.06. The molecule has 3 aromatic rings. The maximum absolute atomic E-state index is 10.6. The third kappa shape index (κ3) is 4.97. The van der Waals surface area contributed by atoms with Crippen molar-refractivity contribution in [1.82, 2.24) is 15.0 Å². The summed E-state index contributed by atoms with van der Waals surface area (Å²) in [5, 5.41) is 19.0. The van der Waals surface area contributed by atoms with Gasteiger partial charge in [-0.1, -0.05) is 73.7 Å². The van der Waals surface area contributed by atoms with E-state index in [1.807, 2.05) is 53.3 Å². The molecule has 0 fully saturated rings. The van der Waals surface area contributed by atoms with Crippen LogP contribution in [0.2, 0.25) is 0 Å². The van der Waals surface area contributed by atoms with Gasteiger partial charge >= 0.3 is 0 Å². The van der Waals surface area contributed by atoms with E-state index in [1.165, 1.54) is 5.56 Å². The number of aliphatic hydroxyl groups is 1. The zero-order valence-corrected chi connectivity index (χ0v) is 18.2. The highest BCUT2D eigenvalue weighted by Gasteiger charge is 2.29. The molecular formula is C25H31N3O2. The first-order valence-electron chi connectivity index (χ1n) is 10.4. The molecule has 0 unspecified atom stereocenters. The molecular weight excluding hydrogens is 374 g/mol. The molecule has 30 heavy (non-hydrogen) atoms. The number of aliphatic hydroxyl groups excluding tert-OH is 1. The lowest BCUT2D eigenvalue weighted by Gasteiger charge is -2.33. The van der Waals surface area contributed by atoms with Crippen molar-refractivity contribution in [2.45, 2.75) is 45.3 Å². The normalized spacial score (nSPS) is 14.0. The van der Waals surface area contributed by atoms with Gasteiger partial charge < -0.3 is 9.84 Å². The fraction of sp³-hybridized carbons (Fsp3) is 0.360. The lowest BCUT2D eigenvalue weighted by Crippen LogP contribution is -2.28. The Morgan fingerprint density at radius 3 is 2.43 bits per heavy atom. The Bertz CT molecular complexity index is 946. The van der Waals surface area contributed by atoms with Crippen molar-refractivity contribution in [3.63, 3.8) is 0 Å². The molecule has 0 aliphatic heterocycles. The van der Waals surface area contributed by atoms with Gasteiger partial charge in [0.2, 0.25) is 0 Å². The first kappa shape index (κ1) is 21.8. The standard InChI is InChI=1S/C25H31N3O2/c1-5-9-20(25(2,3)21-12-14-22(30-4)15-13-21)16-17-28-18-23(26-27-28)24(29)19-10-7-6-8-11-19/h5-15,18,20,24,29H,16-17H2,1-4H3/b9-5+/t20-,24-/m1/s1. The van der Waals surface area contributed by atoms with Crippen LogP contribution in [0.25, 0.3) is 0 Å². The van der Waals surface area contributed by atoms with Gasteiger partial charge in [0.05, 0.1) is 13.3 Å². The minimum atomic E-state index is -0.762. The van der Waals surface area contributed by atoms with Crippen LogP contribution in [0.3, 0.4) is 0 Å². The Hall–Kier alpha value is -2.92. The fourth-order valence-corrected chi connectivity index (χ4v) is 3.79. The van der Waals surface area contributed by atoms with E-state index >= 15 is 0 Å². The molecule has 0 amide bonds. The zero-order valence-electron chi connectivity index (χ0n) is 18.2. The average Bonchev–Trinajstić information content (AvgIpc) is 3.25. The smallest absolute Gasteiger partial charge is 0.124 e. The Labute approximate surface area is 179 Å². The van der Waals surface area contributed by atoms with Gasteiger partial charge in [0, 0.05) is 6.54 Å². The molecule has 3 rings (SSSR count). The largest absolute Gasteiger partial charge is 0.497 e. The third-order valence-corrected chi connectivity index (χ3v) is 5.81. The van der Waals surface area contributed by atoms with E-state index in [9.17, 15) is 5.11 Å². The summed E-state index contributed by atoms with van der Waals surface area (Å²) in [6.45, 7) is 7.32. The predicted octanol–water partition coefficient (Wildman–Crippen LogP) is 4.93. The first-order chi connectivity index (χ1) is 14.5. The van der Waals surface area contributed by atoms with Crippen LogP contribution in [0.1, 0.15) is 50.1 Å². The lowest BCUT2D eigenvalue weighted by atomic mass is 9.72. The van der Waals surface area contributed by atoms with Gasteiger partial charge in [-0.3, -0.25) is 4.68 Å². The Morgan fingerprint density at radius 2 is 1.80 bits per heavy atom. The number of rotatable bonds is 9. The molecule has 5 nitrogen and oxygen atoms in total. The predicted molar refractivity (Wildman–Crippen MR) is 119 cm³/mol. The summed E-state index contributed by atoms with van der Waals surface area (Å²) in [5.74, 6) is 1.19. The van der Waals surface area contributed by atoms with Gasteiger partial charge in [0.1, 0.15) is 17.5 Å². The lowest BCUT2D eigenvalue weighted by molar-refractivity contribution is 0.215. The molecule has 0 saturated carbocycles. The summed E-state index contributed by atoms with van der Waals surface area (Å²) in [6.07, 6.45) is 6.36. The van der Waals surface area contributed by atoms with Crippen LogP contribution in [0, 0.1) is 5.92 Å². The van der Waals surface area contributed by atoms with Gasteiger partial charge in [-0.25, -0.2) is 0 Å². The highest BCUT2D eigenvalue weighted by atomic mass is 16.5. The summed E-state index contributed by atoms with van der Waals surface area (Å²) < 4.78 is 7.12. The van der Waals surface area contributed by atoms with Crippen LogP contribution in [0.5, 0.6) is 5.75 Å². The van der Waals surface area contributed by atoms with Gasteiger partial charge in [-0.15, -0.1) is 5.10 Å². The molecule has 2 atom stereocenters. The van der Waals surface area contributed by atoms with Gasteiger partial charge in [-0.05, 0) is 47.9 Å². The van der Waals surface area contributed by atoms with E-state index in [2.05, 4.69) is 55.4 Å². The van der Waals surface area contributed by atoms with Crippen molar-refractivity contribution < 1.29 is 9.84 Å². The molecule has 5 heteroatoms. The fourth-order valence-electron chi connectivity index (χ4n) is 3.79. The molecule has 1 aromatic heterocycles. The number of aromatic nitrogens is 3. The van der Waals surface area contributed by atoms with E-state index in [1.54, 1.807) is 7.11 Å². The maximum atomic E-state index is 10.6. The molecule has 158 valence electrons. The second-order valence-electron chi connectivity index (χ2n) is 8.09. The molecule has 0 saturated heterocycles. The molecule has 0 radical (unpaired) electrons. The number of hydrogen-bond donors (Lipinski definition) is 1. The van der Waals surface area contributed by atoms with Crippen LogP contribution in [0.15, 0.2) is 72.9 Å². The van der Waals surface area contributed by atoms with Crippen molar-refractivity contribution in [3.05, 3.63) is 89.8 Å². The number of nitrogens with zero attached hydrogens (tertiary/aromatic N) is 3. The Balaban J connectivity index is 1.71. The number of aryl methyl sites for hydroxylation is 1. The second kappa shape index (κ2) is 9.72. The van der Waals surface area contributed by atoms with Crippen LogP contribution in [0.4, 0.5) is 0 Å². The van der Waals surface area contributed by atoms with E-state index < -0.39 is 6.10 Å². The zero-order chi connectivity index (χ0) is 21.6. The number of hydrogen-bond acceptors (Lipinski definition) is 4. The van der Waals surface area contributed by atoms with Gasteiger partial charge in [-0.2, -0.15) is 0 Å². The van der Waals surface area contributed by atoms with Crippen LogP contribution < -0.4 is 4.74 Å². The van der Waals surface area contributed by atoms with Crippen molar-refractivity contribution in [3.8, 4) is 5.75 Å². The minimum absolute atomic E-state index is 0.0499. The van der Waals surface area contributed by atoms with Crippen LogP contribution >= 0.6 is 0 Å². The quantitative estimate of drug-likeness (QED) is 0.513. The molecule has 0 spiro atoms. The van der Waals surface area contributed by atoms with Crippen LogP contribution in [-0.4, -0.2) is 27.2 Å². The van der Waals surface area contributed by atoms with Gasteiger partial charge in [0.25, 0.3) is 0 Å². The van der Waals surface area contributed by atoms with E-state index in [0.29, 0.717) is 11.6 Å². The molecule has 1 N–H and O–H groups in total. The molecule has 0 aliphatic rings. The first-order valence-corrected chi connectivity index (χ1v) is 10.4. The third-order valence-electron chi connectivity index (χ3n) is 5.81. The molecule has 2 aromatic carbocycles. The summed E-state index contributed by atoms with van der Waals surface area (Å²) in [7, 11) is 1.68. The maximum Gasteiger partial charge on any atom is 0.124 e. The topological polar surface area (TPSA) is 60.2 Å². The van der Waals surface area contributed by atoms with E-state index in [-0.39, 0.29) is 5.41 Å². The van der Waals surface area contributed by atoms with Crippen molar-refractivity contribution in [2.75, 3.05) is 7.11 Å². The summed E-state index contributed by atoms with van der Waals surface area (Å²) in [4.78, 5) is 0. The Morgan fingerprint density at radius 1 is 1.10 bits per heavy atom. The van der Waals surface area contributed by atoms with Crippen molar-refractivity contribution in [2.24, 2.45) is 5.92 Å². The van der Waals surface area contributed by atoms with Crippen LogP contribution in [-0.2, 0) is 12.0 Å². The number of allylic oxidation sites excluding steroid dienone is 2. The molecule has 1 heterocycles. The summed E-state index contributed by atoms with van der Waals surface area (Å²) in [6, 6.07) is 17.8. The van der Waals surface area contributed by atoms with Crippen molar-refractivity contribution in [1.29, 1.82) is 0 Å². The highest BCUT2D eigenvalue weighted by molar-refractivity contribution is 5.33. The SMILES string of the molecule is C/C=C/[C@H](CCn1cc([C@H](O)c2ccccc2)nn1)C(C)(C)c1ccc(OC)cc1. The van der Waals surface area contributed by atoms with Gasteiger partial charge in [0.15, 0.2) is 0 Å². The minimum Gasteiger partial charge on any atom is -0.497 e. The summed E-state index contributed by atoms with van der Waals surface area (Å²) >= 11 is 0. The highest BCUT2D eigenvalue weighted by Crippen LogP contribution is 2.36. The van der Waals surface area contributed by atoms with E-state index in [4.69, 9.17) is 4.74 Å². The van der Waals surface area contributed by atoms with E-state index in [0.717, 1.165) is 24.3 Å². The average molecular weight is 406 g/mol. The number of methoxy groups -OCH3 is 1. The second-order valence-corrected chi connectivity index (χ2v) is 8.09. The van der Waals surface area contributed by atoms with Crippen molar-refractivity contribution >= 4 is 0 Å². The number of benzene rings is 2. The summed E-state index contributed by atoms with van der Waals surface area (Å²) in [5.41, 5.74) is 2.60. The monoisotopic (exact) mass is 405 g/mol. The number of ether oxygens (including phenoxy) is 1. The molecule has 0 bridgehead atoms.